The van der Waals surface area contributed by atoms with Gasteiger partial charge in [0.2, 0.25) is 11.8 Å². The van der Waals surface area contributed by atoms with Crippen LogP contribution in [0, 0.1) is 11.7 Å². The van der Waals surface area contributed by atoms with Crippen LogP contribution in [-0.4, -0.2) is 84.0 Å². The van der Waals surface area contributed by atoms with Gasteiger partial charge in [-0.2, -0.15) is 0 Å². The first-order chi connectivity index (χ1) is 15.1. The smallest absolute Gasteiger partial charge is 0.410 e. The number of piperazine rings is 1. The van der Waals surface area contributed by atoms with E-state index in [-0.39, 0.29) is 36.2 Å². The van der Waals surface area contributed by atoms with E-state index in [0.717, 1.165) is 0 Å². The number of likely N-dealkylation sites (tertiary alicyclic amines) is 1. The highest BCUT2D eigenvalue weighted by atomic mass is 19.1. The molecule has 0 atom stereocenters. The third kappa shape index (κ3) is 6.91. The van der Waals surface area contributed by atoms with Gasteiger partial charge in [-0.15, -0.1) is 0 Å². The minimum absolute atomic E-state index is 0.0815. The van der Waals surface area contributed by atoms with E-state index in [1.54, 1.807) is 4.90 Å². The van der Waals surface area contributed by atoms with Crippen LogP contribution in [0.5, 0.6) is 0 Å². The Kier molecular flexibility index (Phi) is 7.71. The van der Waals surface area contributed by atoms with E-state index in [0.29, 0.717) is 57.8 Å². The molecule has 2 fully saturated rings. The van der Waals surface area contributed by atoms with Crippen LogP contribution in [0.4, 0.5) is 14.9 Å². The molecule has 9 heteroatoms. The van der Waals surface area contributed by atoms with Crippen LogP contribution < -0.4 is 5.32 Å². The third-order valence-corrected chi connectivity index (χ3v) is 5.68. The van der Waals surface area contributed by atoms with Crippen molar-refractivity contribution >= 4 is 23.6 Å². The van der Waals surface area contributed by atoms with Crippen LogP contribution in [0.25, 0.3) is 0 Å². The van der Waals surface area contributed by atoms with Gasteiger partial charge in [-0.05, 0) is 57.9 Å². The maximum absolute atomic E-state index is 13.0. The number of piperidine rings is 1. The summed E-state index contributed by atoms with van der Waals surface area (Å²) < 4.78 is 18.4. The molecule has 2 saturated heterocycles. The molecule has 3 amide bonds. The van der Waals surface area contributed by atoms with E-state index < -0.39 is 5.60 Å². The SMILES string of the molecule is CC(C)(C)OC(=O)N1CCC(C(=O)N2CCN(CC(=O)Nc3ccc(F)cc3)CC2)CC1. The van der Waals surface area contributed by atoms with E-state index in [2.05, 4.69) is 5.32 Å². The van der Waals surface area contributed by atoms with E-state index in [4.69, 9.17) is 4.74 Å². The Bertz CT molecular complexity index is 808. The molecule has 0 saturated carbocycles. The number of benzene rings is 1. The summed E-state index contributed by atoms with van der Waals surface area (Å²) in [7, 11) is 0. The first kappa shape index (κ1) is 24.0. The van der Waals surface area contributed by atoms with E-state index in [9.17, 15) is 18.8 Å². The third-order valence-electron chi connectivity index (χ3n) is 5.68. The Morgan fingerprint density at radius 2 is 1.56 bits per heavy atom. The van der Waals surface area contributed by atoms with Crippen molar-refractivity contribution in [3.05, 3.63) is 30.1 Å². The zero-order chi connectivity index (χ0) is 23.3. The first-order valence-corrected chi connectivity index (χ1v) is 11.2. The maximum atomic E-state index is 13.0. The molecule has 2 aliphatic heterocycles. The monoisotopic (exact) mass is 448 g/mol. The van der Waals surface area contributed by atoms with Crippen molar-refractivity contribution in [2.45, 2.75) is 39.2 Å². The molecule has 0 unspecified atom stereocenters. The lowest BCUT2D eigenvalue weighted by molar-refractivity contribution is -0.139. The molecule has 32 heavy (non-hydrogen) atoms. The van der Waals surface area contributed by atoms with Gasteiger partial charge in [0.1, 0.15) is 11.4 Å². The molecule has 0 spiro atoms. The zero-order valence-electron chi connectivity index (χ0n) is 19.1. The lowest BCUT2D eigenvalue weighted by Gasteiger charge is -2.38. The fourth-order valence-electron chi connectivity index (χ4n) is 3.96. The molecule has 0 radical (unpaired) electrons. The largest absolute Gasteiger partial charge is 0.444 e. The normalized spacial score (nSPS) is 18.4. The van der Waals surface area contributed by atoms with Gasteiger partial charge in [0.15, 0.2) is 0 Å². The van der Waals surface area contributed by atoms with Crippen molar-refractivity contribution in [3.63, 3.8) is 0 Å². The Morgan fingerprint density at radius 3 is 2.12 bits per heavy atom. The molecule has 0 aromatic heterocycles. The number of rotatable bonds is 4. The van der Waals surface area contributed by atoms with Crippen molar-refractivity contribution in [1.82, 2.24) is 14.7 Å². The summed E-state index contributed by atoms with van der Waals surface area (Å²) in [6.07, 6.45) is 0.951. The second kappa shape index (κ2) is 10.3. The highest BCUT2D eigenvalue weighted by Crippen LogP contribution is 2.22. The van der Waals surface area contributed by atoms with Gasteiger partial charge in [0.05, 0.1) is 6.54 Å². The van der Waals surface area contributed by atoms with Gasteiger partial charge in [-0.3, -0.25) is 14.5 Å². The number of nitrogens with zero attached hydrogens (tertiary/aromatic N) is 3. The fourth-order valence-corrected chi connectivity index (χ4v) is 3.96. The molecule has 0 aliphatic carbocycles. The highest BCUT2D eigenvalue weighted by molar-refractivity contribution is 5.92. The predicted octanol–water partition coefficient (Wildman–Crippen LogP) is 2.56. The van der Waals surface area contributed by atoms with Crippen LogP contribution in [0.3, 0.4) is 0 Å². The molecule has 1 aromatic rings. The second-order valence-corrected chi connectivity index (χ2v) is 9.40. The lowest BCUT2D eigenvalue weighted by atomic mass is 9.95. The number of hydrogen-bond donors (Lipinski definition) is 1. The molecule has 1 aromatic carbocycles. The predicted molar refractivity (Wildman–Crippen MR) is 119 cm³/mol. The summed E-state index contributed by atoms with van der Waals surface area (Å²) in [5.74, 6) is -0.462. The average Bonchev–Trinajstić information content (AvgIpc) is 2.74. The van der Waals surface area contributed by atoms with E-state index in [1.807, 2.05) is 30.6 Å². The van der Waals surface area contributed by atoms with Crippen molar-refractivity contribution in [2.24, 2.45) is 5.92 Å². The van der Waals surface area contributed by atoms with Crippen molar-refractivity contribution < 1.29 is 23.5 Å². The van der Waals surface area contributed by atoms with Crippen molar-refractivity contribution in [1.29, 1.82) is 0 Å². The number of anilines is 1. The topological polar surface area (TPSA) is 82.2 Å². The minimum atomic E-state index is -0.528. The van der Waals surface area contributed by atoms with E-state index >= 15 is 0 Å². The Morgan fingerprint density at radius 1 is 0.969 bits per heavy atom. The number of carbonyl (C=O) groups is 3. The Labute approximate surface area is 188 Å². The number of ether oxygens (including phenoxy) is 1. The van der Waals surface area contributed by atoms with E-state index in [1.165, 1.54) is 24.3 Å². The van der Waals surface area contributed by atoms with Crippen LogP contribution >= 0.6 is 0 Å². The summed E-state index contributed by atoms with van der Waals surface area (Å²) in [6, 6.07) is 5.66. The van der Waals surface area contributed by atoms with Gasteiger partial charge >= 0.3 is 6.09 Å². The summed E-state index contributed by atoms with van der Waals surface area (Å²) in [6.45, 7) is 9.20. The van der Waals surface area contributed by atoms with Gasteiger partial charge in [-0.25, -0.2) is 9.18 Å². The molecule has 2 aliphatic rings. The van der Waals surface area contributed by atoms with Gasteiger partial charge in [0.25, 0.3) is 0 Å². The number of carbonyl (C=O) groups excluding carboxylic acids is 3. The maximum Gasteiger partial charge on any atom is 0.410 e. The van der Waals surface area contributed by atoms with Crippen LogP contribution in [-0.2, 0) is 14.3 Å². The molecule has 1 N–H and O–H groups in total. The molecular weight excluding hydrogens is 415 g/mol. The first-order valence-electron chi connectivity index (χ1n) is 11.2. The number of amides is 3. The molecule has 0 bridgehead atoms. The standard InChI is InChI=1S/C23H33FN4O4/c1-23(2,3)32-22(31)28-10-8-17(9-11-28)21(30)27-14-12-26(13-15-27)16-20(29)25-19-6-4-18(24)5-7-19/h4-7,17H,8-16H2,1-3H3,(H,25,29). The number of halogens is 1. The summed E-state index contributed by atoms with van der Waals surface area (Å²) >= 11 is 0. The molecular formula is C23H33FN4O4. The van der Waals surface area contributed by atoms with Crippen LogP contribution in [0.1, 0.15) is 33.6 Å². The summed E-state index contributed by atoms with van der Waals surface area (Å²) in [5, 5.41) is 2.76. The quantitative estimate of drug-likeness (QED) is 0.766. The lowest BCUT2D eigenvalue weighted by Crippen LogP contribution is -2.53. The van der Waals surface area contributed by atoms with Gasteiger partial charge in [-0.1, -0.05) is 0 Å². The molecule has 8 nitrogen and oxygen atoms in total. The second-order valence-electron chi connectivity index (χ2n) is 9.40. The molecule has 2 heterocycles. The summed E-state index contributed by atoms with van der Waals surface area (Å²) in [4.78, 5) is 42.9. The minimum Gasteiger partial charge on any atom is -0.444 e. The Hall–Kier alpha value is -2.68. The number of hydrogen-bond acceptors (Lipinski definition) is 5. The van der Waals surface area contributed by atoms with Gasteiger partial charge < -0.3 is 19.9 Å². The van der Waals surface area contributed by atoms with Crippen molar-refractivity contribution in [3.8, 4) is 0 Å². The molecule has 3 rings (SSSR count). The highest BCUT2D eigenvalue weighted by Gasteiger charge is 2.33. The van der Waals surface area contributed by atoms with Gasteiger partial charge in [0, 0.05) is 50.9 Å². The summed E-state index contributed by atoms with van der Waals surface area (Å²) in [5.41, 5.74) is 0.0298. The molecule has 176 valence electrons. The van der Waals surface area contributed by atoms with Crippen LogP contribution in [0.2, 0.25) is 0 Å². The average molecular weight is 449 g/mol. The fraction of sp³-hybridized carbons (Fsp3) is 0.609. The van der Waals surface area contributed by atoms with Crippen molar-refractivity contribution in [2.75, 3.05) is 51.1 Å². The Balaban J connectivity index is 1.38. The van der Waals surface area contributed by atoms with Crippen LogP contribution in [0.15, 0.2) is 24.3 Å². The number of nitrogens with one attached hydrogen (secondary N) is 1. The zero-order valence-corrected chi connectivity index (χ0v) is 19.1.